The Morgan fingerprint density at radius 1 is 1.57 bits per heavy atom. The number of hydrogen-bond acceptors (Lipinski definition) is 3. The minimum Gasteiger partial charge on any atom is -0.299 e. The van der Waals surface area contributed by atoms with Crippen molar-refractivity contribution in [2.24, 2.45) is 0 Å². The van der Waals surface area contributed by atoms with Crippen LogP contribution in [0.3, 0.4) is 0 Å². The summed E-state index contributed by atoms with van der Waals surface area (Å²) in [7, 11) is 0. The summed E-state index contributed by atoms with van der Waals surface area (Å²) < 4.78 is 2.06. The van der Waals surface area contributed by atoms with E-state index in [0.717, 1.165) is 21.2 Å². The predicted molar refractivity (Wildman–Crippen MR) is 67.4 cm³/mol. The van der Waals surface area contributed by atoms with Crippen molar-refractivity contribution in [1.82, 2.24) is 10.3 Å². The Balaban J connectivity index is 2.24. The molecular weight excluding hydrogens is 328 g/mol. The molecule has 2 nitrogen and oxygen atoms in total. The van der Waals surface area contributed by atoms with Crippen LogP contribution in [-0.4, -0.2) is 16.8 Å². The van der Waals surface area contributed by atoms with E-state index >= 15 is 0 Å². The smallest absolute Gasteiger partial charge is 0.0977 e. The molecule has 1 fully saturated rings. The maximum Gasteiger partial charge on any atom is 0.0977 e. The molecule has 0 spiro atoms. The molecule has 1 N–H and O–H groups in total. The second kappa shape index (κ2) is 4.51. The van der Waals surface area contributed by atoms with Crippen LogP contribution in [0.5, 0.6) is 0 Å². The van der Waals surface area contributed by atoms with Gasteiger partial charge in [0.05, 0.1) is 11.1 Å². The first-order valence-corrected chi connectivity index (χ1v) is 6.89. The molecule has 2 heterocycles. The molecule has 1 aromatic heterocycles. The summed E-state index contributed by atoms with van der Waals surface area (Å²) in [4.78, 5) is 4.42. The van der Waals surface area contributed by atoms with E-state index in [2.05, 4.69) is 49.1 Å². The molecule has 0 aromatic carbocycles. The molecule has 1 saturated heterocycles. The Morgan fingerprint density at radius 3 is 2.93 bits per heavy atom. The highest BCUT2D eigenvalue weighted by atomic mass is 79.9. The molecule has 14 heavy (non-hydrogen) atoms. The largest absolute Gasteiger partial charge is 0.299 e. The van der Waals surface area contributed by atoms with E-state index in [1.807, 2.05) is 24.0 Å². The fraction of sp³-hybridized carbons (Fsp3) is 0.444. The van der Waals surface area contributed by atoms with Gasteiger partial charge in [-0.1, -0.05) is 6.92 Å². The first-order valence-electron chi connectivity index (χ1n) is 4.36. The van der Waals surface area contributed by atoms with Crippen LogP contribution in [0.1, 0.15) is 18.0 Å². The second-order valence-electron chi connectivity index (χ2n) is 3.26. The van der Waals surface area contributed by atoms with Crippen molar-refractivity contribution in [2.75, 3.05) is 6.54 Å². The van der Waals surface area contributed by atoms with Gasteiger partial charge in [0.25, 0.3) is 0 Å². The third-order valence-electron chi connectivity index (χ3n) is 2.04. The first-order chi connectivity index (χ1) is 6.66. The summed E-state index contributed by atoms with van der Waals surface area (Å²) in [5, 5.41) is 4.43. The molecule has 1 aromatic rings. The van der Waals surface area contributed by atoms with E-state index in [9.17, 15) is 0 Å². The van der Waals surface area contributed by atoms with Crippen LogP contribution >= 0.6 is 43.6 Å². The second-order valence-corrected chi connectivity index (χ2v) is 6.57. The van der Waals surface area contributed by atoms with Crippen LogP contribution in [0.4, 0.5) is 0 Å². The molecule has 76 valence electrons. The normalized spacial score (nSPS) is 26.8. The first kappa shape index (κ1) is 10.9. The molecule has 0 saturated carbocycles. The van der Waals surface area contributed by atoms with Crippen LogP contribution in [0.25, 0.3) is 0 Å². The Hall–Kier alpha value is 0.420. The highest BCUT2D eigenvalue weighted by Gasteiger charge is 2.25. The van der Waals surface area contributed by atoms with Crippen LogP contribution in [0.2, 0.25) is 0 Å². The quantitative estimate of drug-likeness (QED) is 0.850. The average Bonchev–Trinajstić information content (AvgIpc) is 2.51. The van der Waals surface area contributed by atoms with Gasteiger partial charge < -0.3 is 0 Å². The molecule has 2 atom stereocenters. The van der Waals surface area contributed by atoms with Crippen molar-refractivity contribution in [2.45, 2.75) is 17.5 Å². The molecule has 1 aliphatic rings. The summed E-state index contributed by atoms with van der Waals surface area (Å²) in [5.74, 6) is 0. The monoisotopic (exact) mass is 336 g/mol. The average molecular weight is 338 g/mol. The number of halogens is 2. The fourth-order valence-corrected chi connectivity index (χ4v) is 3.91. The van der Waals surface area contributed by atoms with E-state index in [4.69, 9.17) is 0 Å². The van der Waals surface area contributed by atoms with Crippen LogP contribution < -0.4 is 5.32 Å². The van der Waals surface area contributed by atoms with Gasteiger partial charge in [0, 0.05) is 26.9 Å². The lowest BCUT2D eigenvalue weighted by Crippen LogP contribution is -2.15. The van der Waals surface area contributed by atoms with Gasteiger partial charge >= 0.3 is 0 Å². The van der Waals surface area contributed by atoms with Crippen molar-refractivity contribution < 1.29 is 0 Å². The van der Waals surface area contributed by atoms with E-state index in [-0.39, 0.29) is 0 Å². The molecule has 2 unspecified atom stereocenters. The minimum absolute atomic E-state index is 0.326. The molecule has 0 radical (unpaired) electrons. The lowest BCUT2D eigenvalue weighted by atomic mass is 10.3. The number of nitrogens with one attached hydrogen (secondary N) is 1. The van der Waals surface area contributed by atoms with Gasteiger partial charge in [-0.3, -0.25) is 10.3 Å². The van der Waals surface area contributed by atoms with Crippen molar-refractivity contribution in [3.8, 4) is 0 Å². The van der Waals surface area contributed by atoms with Crippen molar-refractivity contribution in [1.29, 1.82) is 0 Å². The maximum absolute atomic E-state index is 4.42. The van der Waals surface area contributed by atoms with E-state index < -0.39 is 0 Å². The van der Waals surface area contributed by atoms with E-state index in [1.54, 1.807) is 0 Å². The molecule has 5 heteroatoms. The van der Waals surface area contributed by atoms with Crippen molar-refractivity contribution >= 4 is 43.6 Å². The van der Waals surface area contributed by atoms with Crippen molar-refractivity contribution in [3.05, 3.63) is 26.9 Å². The third kappa shape index (κ3) is 2.32. The third-order valence-corrected chi connectivity index (χ3v) is 4.41. The molecule has 0 aliphatic carbocycles. The van der Waals surface area contributed by atoms with Crippen LogP contribution in [-0.2, 0) is 0 Å². The molecule has 1 aliphatic heterocycles. The zero-order valence-corrected chi connectivity index (χ0v) is 11.6. The minimum atomic E-state index is 0.326. The SMILES string of the molecule is CC1CNC(c2ncc(Br)cc2Br)S1. The number of aromatic nitrogens is 1. The summed E-state index contributed by atoms with van der Waals surface area (Å²) >= 11 is 8.85. The molecule has 0 bridgehead atoms. The van der Waals surface area contributed by atoms with Gasteiger partial charge in [-0.2, -0.15) is 0 Å². The number of hydrogen-bond donors (Lipinski definition) is 1. The molecular formula is C9H10Br2N2S. The van der Waals surface area contributed by atoms with Gasteiger partial charge in [0.15, 0.2) is 0 Å². The molecule has 0 amide bonds. The van der Waals surface area contributed by atoms with Gasteiger partial charge in [0.1, 0.15) is 0 Å². The van der Waals surface area contributed by atoms with Crippen LogP contribution in [0, 0.1) is 0 Å². The highest BCUT2D eigenvalue weighted by Crippen LogP contribution is 2.37. The van der Waals surface area contributed by atoms with Gasteiger partial charge in [-0.25, -0.2) is 0 Å². The fourth-order valence-electron chi connectivity index (χ4n) is 1.38. The standard InChI is InChI=1S/C9H10Br2N2S/c1-5-3-13-9(14-5)8-7(11)2-6(10)4-12-8/h2,4-5,9,13H,3H2,1H3. The Morgan fingerprint density at radius 2 is 2.36 bits per heavy atom. The summed E-state index contributed by atoms with van der Waals surface area (Å²) in [6.45, 7) is 3.28. The predicted octanol–water partition coefficient (Wildman–Crippen LogP) is 3.33. The van der Waals surface area contributed by atoms with Crippen molar-refractivity contribution in [3.63, 3.8) is 0 Å². The van der Waals surface area contributed by atoms with E-state index in [1.165, 1.54) is 0 Å². The Bertz CT molecular complexity index is 346. The number of thioether (sulfide) groups is 1. The molecule has 2 rings (SSSR count). The Labute approximate surface area is 105 Å². The lowest BCUT2D eigenvalue weighted by Gasteiger charge is -2.10. The highest BCUT2D eigenvalue weighted by molar-refractivity contribution is 9.11. The van der Waals surface area contributed by atoms with Gasteiger partial charge in [0.2, 0.25) is 0 Å². The van der Waals surface area contributed by atoms with Crippen LogP contribution in [0.15, 0.2) is 21.2 Å². The number of nitrogens with zero attached hydrogens (tertiary/aromatic N) is 1. The summed E-state index contributed by atoms with van der Waals surface area (Å²) in [6, 6.07) is 2.04. The van der Waals surface area contributed by atoms with E-state index in [0.29, 0.717) is 10.6 Å². The van der Waals surface area contributed by atoms with Gasteiger partial charge in [-0.05, 0) is 37.9 Å². The zero-order chi connectivity index (χ0) is 10.1. The van der Waals surface area contributed by atoms with Gasteiger partial charge in [-0.15, -0.1) is 11.8 Å². The Kier molecular flexibility index (Phi) is 3.52. The maximum atomic E-state index is 4.42. The summed E-state index contributed by atoms with van der Waals surface area (Å²) in [6.07, 6.45) is 1.84. The lowest BCUT2D eigenvalue weighted by molar-refractivity contribution is 0.701. The number of rotatable bonds is 1. The summed E-state index contributed by atoms with van der Waals surface area (Å²) in [5.41, 5.74) is 1.09. The zero-order valence-electron chi connectivity index (χ0n) is 7.63. The number of pyridine rings is 1. The topological polar surface area (TPSA) is 24.9 Å².